The first kappa shape index (κ1) is 16.9. The van der Waals surface area contributed by atoms with Crippen LogP contribution in [-0.4, -0.2) is 18.5 Å². The average molecular weight is 430 g/mol. The van der Waals surface area contributed by atoms with Crippen LogP contribution in [-0.2, 0) is 9.53 Å². The van der Waals surface area contributed by atoms with E-state index >= 15 is 0 Å². The van der Waals surface area contributed by atoms with Crippen LogP contribution in [0.5, 0.6) is 0 Å². The molecular formula is C19H12BrNO4S. The van der Waals surface area contributed by atoms with Crippen molar-refractivity contribution in [3.63, 3.8) is 0 Å². The number of hydrogen-bond donors (Lipinski definition) is 0. The Balaban J connectivity index is 1.58. The van der Waals surface area contributed by atoms with Crippen molar-refractivity contribution in [2.75, 3.05) is 11.5 Å². The molecule has 0 aliphatic carbocycles. The minimum absolute atomic E-state index is 0.0414. The number of ether oxygens (including phenoxy) is 1. The van der Waals surface area contributed by atoms with Gasteiger partial charge in [-0.05, 0) is 52.3 Å². The van der Waals surface area contributed by atoms with Crippen LogP contribution in [0.2, 0.25) is 0 Å². The van der Waals surface area contributed by atoms with Crippen LogP contribution in [0.25, 0.3) is 0 Å². The van der Waals surface area contributed by atoms with Crippen LogP contribution in [0.1, 0.15) is 10.6 Å². The van der Waals surface area contributed by atoms with Gasteiger partial charge in [-0.15, -0.1) is 0 Å². The normalized spacial score (nSPS) is 12.3. The van der Waals surface area contributed by atoms with Gasteiger partial charge >= 0.3 is 5.97 Å². The summed E-state index contributed by atoms with van der Waals surface area (Å²) in [7, 11) is 0. The molecule has 0 fully saturated rings. The minimum atomic E-state index is -0.683. The van der Waals surface area contributed by atoms with E-state index < -0.39 is 5.97 Å². The molecule has 0 N–H and O–H groups in total. The van der Waals surface area contributed by atoms with Crippen LogP contribution in [0.3, 0.4) is 0 Å². The molecule has 0 bridgehead atoms. The molecule has 0 saturated carbocycles. The molecular weight excluding hydrogens is 418 g/mol. The van der Waals surface area contributed by atoms with Crippen LogP contribution >= 0.6 is 27.7 Å². The van der Waals surface area contributed by atoms with E-state index in [0.717, 1.165) is 21.2 Å². The third-order valence-electron chi connectivity index (χ3n) is 3.78. The number of esters is 1. The van der Waals surface area contributed by atoms with Gasteiger partial charge in [0.2, 0.25) is 5.76 Å². The first-order chi connectivity index (χ1) is 12.6. The predicted octanol–water partition coefficient (Wildman–Crippen LogP) is 5.03. The van der Waals surface area contributed by atoms with Crippen molar-refractivity contribution in [1.29, 1.82) is 0 Å². The number of nitrogens with zero attached hydrogens (tertiary/aromatic N) is 1. The second-order valence-corrected chi connectivity index (χ2v) is 7.31. The SMILES string of the molecule is O=C(OCC(=O)N1c2ccccc2Sc2ccccc21)c1ccc(Br)o1. The maximum absolute atomic E-state index is 12.9. The van der Waals surface area contributed by atoms with Gasteiger partial charge in [0.15, 0.2) is 11.3 Å². The summed E-state index contributed by atoms with van der Waals surface area (Å²) in [5, 5.41) is 0. The Labute approximate surface area is 162 Å². The average Bonchev–Trinajstić information content (AvgIpc) is 3.10. The van der Waals surface area contributed by atoms with Crippen molar-refractivity contribution in [2.24, 2.45) is 0 Å². The highest BCUT2D eigenvalue weighted by Crippen LogP contribution is 2.47. The second kappa shape index (κ2) is 7.01. The van der Waals surface area contributed by atoms with Crippen LogP contribution < -0.4 is 4.90 Å². The van der Waals surface area contributed by atoms with Crippen molar-refractivity contribution in [3.05, 3.63) is 71.1 Å². The number of carbonyl (C=O) groups excluding carboxylic acids is 2. The van der Waals surface area contributed by atoms with E-state index in [2.05, 4.69) is 15.9 Å². The van der Waals surface area contributed by atoms with Gasteiger partial charge < -0.3 is 9.15 Å². The quantitative estimate of drug-likeness (QED) is 0.546. The number of amides is 1. The summed E-state index contributed by atoms with van der Waals surface area (Å²) in [4.78, 5) is 28.4. The monoisotopic (exact) mass is 429 g/mol. The number of furan rings is 1. The van der Waals surface area contributed by atoms with Gasteiger partial charge in [-0.25, -0.2) is 4.79 Å². The summed E-state index contributed by atoms with van der Waals surface area (Å²) < 4.78 is 10.7. The third-order valence-corrected chi connectivity index (χ3v) is 5.34. The van der Waals surface area contributed by atoms with Crippen LogP contribution in [0.15, 0.2) is 79.5 Å². The third kappa shape index (κ3) is 3.15. The lowest BCUT2D eigenvalue weighted by atomic mass is 10.2. The van der Waals surface area contributed by atoms with E-state index in [0.29, 0.717) is 4.67 Å². The van der Waals surface area contributed by atoms with Gasteiger partial charge in [-0.2, -0.15) is 0 Å². The molecule has 0 spiro atoms. The highest BCUT2D eigenvalue weighted by Gasteiger charge is 2.28. The summed E-state index contributed by atoms with van der Waals surface area (Å²) in [5.41, 5.74) is 1.55. The number of anilines is 2. The Bertz CT molecular complexity index is 955. The summed E-state index contributed by atoms with van der Waals surface area (Å²) in [5.74, 6) is -0.971. The Morgan fingerprint density at radius 1 is 0.962 bits per heavy atom. The molecule has 130 valence electrons. The van der Waals surface area contributed by atoms with Gasteiger partial charge in [-0.3, -0.25) is 9.69 Å². The van der Waals surface area contributed by atoms with E-state index in [9.17, 15) is 9.59 Å². The molecule has 0 unspecified atom stereocenters. The highest BCUT2D eigenvalue weighted by atomic mass is 79.9. The highest BCUT2D eigenvalue weighted by molar-refractivity contribution is 9.10. The van der Waals surface area contributed by atoms with E-state index in [-0.39, 0.29) is 18.3 Å². The van der Waals surface area contributed by atoms with Crippen molar-refractivity contribution in [3.8, 4) is 0 Å². The molecule has 1 aliphatic heterocycles. The van der Waals surface area contributed by atoms with E-state index in [1.165, 1.54) is 6.07 Å². The van der Waals surface area contributed by atoms with E-state index in [1.54, 1.807) is 22.7 Å². The number of para-hydroxylation sites is 2. The predicted molar refractivity (Wildman–Crippen MR) is 101 cm³/mol. The smallest absolute Gasteiger partial charge is 0.374 e. The largest absolute Gasteiger partial charge is 0.450 e. The fourth-order valence-corrected chi connectivity index (χ4v) is 4.02. The first-order valence-electron chi connectivity index (χ1n) is 7.75. The second-order valence-electron chi connectivity index (χ2n) is 5.45. The number of hydrogen-bond acceptors (Lipinski definition) is 5. The molecule has 2 aromatic carbocycles. The molecule has 7 heteroatoms. The molecule has 0 atom stereocenters. The number of rotatable bonds is 3. The zero-order valence-corrected chi connectivity index (χ0v) is 15.7. The molecule has 1 amide bonds. The van der Waals surface area contributed by atoms with Gasteiger partial charge in [0.25, 0.3) is 5.91 Å². The zero-order chi connectivity index (χ0) is 18.1. The Hall–Kier alpha value is -2.51. The molecule has 0 saturated heterocycles. The van der Waals surface area contributed by atoms with Crippen LogP contribution in [0.4, 0.5) is 11.4 Å². The topological polar surface area (TPSA) is 59.8 Å². The number of halogens is 1. The number of benzene rings is 2. The molecule has 3 aromatic rings. The standard InChI is InChI=1S/C19H12BrNO4S/c20-17-10-9-14(25-17)19(23)24-11-18(22)21-12-5-1-3-7-15(12)26-16-8-4-2-6-13(16)21/h1-10H,11H2. The molecule has 26 heavy (non-hydrogen) atoms. The lowest BCUT2D eigenvalue weighted by molar-refractivity contribution is -0.121. The maximum atomic E-state index is 12.9. The van der Waals surface area contributed by atoms with Crippen molar-refractivity contribution in [2.45, 2.75) is 9.79 Å². The fraction of sp³-hybridized carbons (Fsp3) is 0.0526. The van der Waals surface area contributed by atoms with E-state index in [4.69, 9.17) is 9.15 Å². The summed E-state index contributed by atoms with van der Waals surface area (Å²) >= 11 is 4.73. The Kier molecular flexibility index (Phi) is 4.57. The Morgan fingerprint density at radius 3 is 2.15 bits per heavy atom. The molecule has 1 aromatic heterocycles. The van der Waals surface area contributed by atoms with Gasteiger partial charge in [0, 0.05) is 9.79 Å². The van der Waals surface area contributed by atoms with Crippen molar-refractivity contribution >= 4 is 50.9 Å². The lowest BCUT2D eigenvalue weighted by Crippen LogP contribution is -2.32. The lowest BCUT2D eigenvalue weighted by Gasteiger charge is -2.30. The van der Waals surface area contributed by atoms with Crippen molar-refractivity contribution < 1.29 is 18.7 Å². The van der Waals surface area contributed by atoms with Gasteiger partial charge in [0.05, 0.1) is 11.4 Å². The molecule has 4 rings (SSSR count). The van der Waals surface area contributed by atoms with E-state index in [1.807, 2.05) is 48.5 Å². The first-order valence-corrected chi connectivity index (χ1v) is 9.36. The van der Waals surface area contributed by atoms with Crippen molar-refractivity contribution in [1.82, 2.24) is 0 Å². The van der Waals surface area contributed by atoms with Gasteiger partial charge in [-0.1, -0.05) is 36.0 Å². The fourth-order valence-electron chi connectivity index (χ4n) is 2.66. The molecule has 0 radical (unpaired) electrons. The summed E-state index contributed by atoms with van der Waals surface area (Å²) in [6.45, 7) is -0.384. The molecule has 5 nitrogen and oxygen atoms in total. The maximum Gasteiger partial charge on any atom is 0.374 e. The van der Waals surface area contributed by atoms with Gasteiger partial charge in [0.1, 0.15) is 0 Å². The molecule has 2 heterocycles. The number of carbonyl (C=O) groups is 2. The minimum Gasteiger partial charge on any atom is -0.450 e. The zero-order valence-electron chi connectivity index (χ0n) is 13.3. The Morgan fingerprint density at radius 2 is 1.58 bits per heavy atom. The molecule has 1 aliphatic rings. The van der Waals surface area contributed by atoms with Crippen LogP contribution in [0, 0.1) is 0 Å². The number of fused-ring (bicyclic) bond motifs is 2. The summed E-state index contributed by atoms with van der Waals surface area (Å²) in [6.07, 6.45) is 0. The summed E-state index contributed by atoms with van der Waals surface area (Å²) in [6, 6.07) is 18.4.